The molecule has 0 unspecified atom stereocenters. The Bertz CT molecular complexity index is 463. The maximum atomic E-state index is 11.9. The molecule has 0 aliphatic carbocycles. The van der Waals surface area contributed by atoms with Crippen LogP contribution in [0.15, 0.2) is 15.4 Å². The summed E-state index contributed by atoms with van der Waals surface area (Å²) in [5, 5.41) is 3.25. The van der Waals surface area contributed by atoms with E-state index in [0.717, 1.165) is 24.4 Å². The van der Waals surface area contributed by atoms with Gasteiger partial charge in [0.1, 0.15) is 5.76 Å². The number of aryl methyl sites for hydroxylation is 1. The fourth-order valence-electron chi connectivity index (χ4n) is 1.98. The van der Waals surface area contributed by atoms with E-state index in [1.807, 2.05) is 4.90 Å². The number of hydrogen-bond acceptors (Lipinski definition) is 5. The Labute approximate surface area is 99.2 Å². The van der Waals surface area contributed by atoms with Gasteiger partial charge in [-0.2, -0.15) is 0 Å². The first-order chi connectivity index (χ1) is 8.08. The Morgan fingerprint density at radius 2 is 2.41 bits per heavy atom. The van der Waals surface area contributed by atoms with E-state index in [0.29, 0.717) is 11.8 Å². The first-order valence-electron chi connectivity index (χ1n) is 5.76. The van der Waals surface area contributed by atoms with Crippen LogP contribution in [0.1, 0.15) is 17.5 Å². The fourth-order valence-corrected chi connectivity index (χ4v) is 1.98. The van der Waals surface area contributed by atoms with E-state index in [4.69, 9.17) is 4.52 Å². The molecule has 1 saturated heterocycles. The van der Waals surface area contributed by atoms with Crippen molar-refractivity contribution in [2.75, 3.05) is 26.2 Å². The Kier molecular flexibility index (Phi) is 3.44. The predicted octanol–water partition coefficient (Wildman–Crippen LogP) is -0.316. The van der Waals surface area contributed by atoms with Crippen LogP contribution >= 0.6 is 0 Å². The number of nitrogens with zero attached hydrogens (tertiary/aromatic N) is 2. The van der Waals surface area contributed by atoms with Gasteiger partial charge in [-0.3, -0.25) is 14.5 Å². The summed E-state index contributed by atoms with van der Waals surface area (Å²) in [5.41, 5.74) is -0.393. The SMILES string of the molecule is Cc1cc(=O)n(C(=O)CN2CCNC[C@@H]2C)o1. The van der Waals surface area contributed by atoms with E-state index in [9.17, 15) is 9.59 Å². The zero-order chi connectivity index (χ0) is 12.4. The standard InChI is InChI=1S/C11H17N3O3/c1-8-6-12-3-4-13(8)7-11(16)14-10(15)5-9(2)17-14/h5,8,12H,3-4,6-7H2,1-2H3/t8-/m0/s1. The van der Waals surface area contributed by atoms with Gasteiger partial charge in [0.2, 0.25) is 0 Å². The van der Waals surface area contributed by atoms with Crippen molar-refractivity contribution in [2.45, 2.75) is 19.9 Å². The summed E-state index contributed by atoms with van der Waals surface area (Å²) in [6, 6.07) is 1.61. The third kappa shape index (κ3) is 2.65. The lowest BCUT2D eigenvalue weighted by Gasteiger charge is -2.32. The van der Waals surface area contributed by atoms with Crippen LogP contribution in [0.3, 0.4) is 0 Å². The second-order valence-electron chi connectivity index (χ2n) is 4.40. The van der Waals surface area contributed by atoms with Crippen LogP contribution in [0.2, 0.25) is 0 Å². The molecule has 0 aromatic carbocycles. The molecule has 1 aliphatic heterocycles. The fraction of sp³-hybridized carbons (Fsp3) is 0.636. The van der Waals surface area contributed by atoms with Crippen molar-refractivity contribution in [2.24, 2.45) is 0 Å². The number of carbonyl (C=O) groups is 1. The minimum Gasteiger partial charge on any atom is -0.373 e. The zero-order valence-electron chi connectivity index (χ0n) is 10.1. The van der Waals surface area contributed by atoms with Crippen molar-refractivity contribution in [1.29, 1.82) is 0 Å². The summed E-state index contributed by atoms with van der Waals surface area (Å²) in [6.07, 6.45) is 0. The van der Waals surface area contributed by atoms with Crippen LogP contribution in [0.4, 0.5) is 0 Å². The lowest BCUT2D eigenvalue weighted by Crippen LogP contribution is -2.52. The van der Waals surface area contributed by atoms with Crippen molar-refractivity contribution in [3.8, 4) is 0 Å². The van der Waals surface area contributed by atoms with Crippen LogP contribution in [0.25, 0.3) is 0 Å². The molecule has 0 bridgehead atoms. The van der Waals surface area contributed by atoms with Gasteiger partial charge in [-0.15, -0.1) is 4.74 Å². The lowest BCUT2D eigenvalue weighted by atomic mass is 10.2. The lowest BCUT2D eigenvalue weighted by molar-refractivity contribution is 0.0663. The first kappa shape index (κ1) is 12.1. The summed E-state index contributed by atoms with van der Waals surface area (Å²) in [6.45, 7) is 6.45. The normalized spacial score (nSPS) is 21.6. The quantitative estimate of drug-likeness (QED) is 0.766. The number of nitrogens with one attached hydrogen (secondary N) is 1. The molecule has 0 saturated carbocycles. The third-order valence-corrected chi connectivity index (χ3v) is 2.97. The summed E-state index contributed by atoms with van der Waals surface area (Å²) in [7, 11) is 0. The van der Waals surface area contributed by atoms with E-state index >= 15 is 0 Å². The molecule has 2 rings (SSSR count). The molecule has 0 spiro atoms. The van der Waals surface area contributed by atoms with Gasteiger partial charge in [0.15, 0.2) is 0 Å². The average Bonchev–Trinajstić information content (AvgIpc) is 2.61. The molecule has 94 valence electrons. The Hall–Kier alpha value is -1.40. The van der Waals surface area contributed by atoms with Crippen molar-refractivity contribution >= 4 is 5.91 Å². The summed E-state index contributed by atoms with van der Waals surface area (Å²) in [5.74, 6) is 0.147. The molecular weight excluding hydrogens is 222 g/mol. The molecule has 1 aromatic rings. The Morgan fingerprint density at radius 1 is 1.65 bits per heavy atom. The van der Waals surface area contributed by atoms with E-state index in [1.165, 1.54) is 6.07 Å². The number of piperazine rings is 1. The molecule has 0 amide bonds. The average molecular weight is 239 g/mol. The highest BCUT2D eigenvalue weighted by atomic mass is 16.5. The van der Waals surface area contributed by atoms with E-state index in [-0.39, 0.29) is 12.5 Å². The van der Waals surface area contributed by atoms with E-state index in [1.54, 1.807) is 6.92 Å². The summed E-state index contributed by atoms with van der Waals surface area (Å²) < 4.78 is 5.90. The number of hydrogen-bond donors (Lipinski definition) is 1. The molecule has 2 heterocycles. The van der Waals surface area contributed by atoms with Crippen LogP contribution in [-0.4, -0.2) is 47.8 Å². The van der Waals surface area contributed by atoms with Gasteiger partial charge in [0.05, 0.1) is 6.54 Å². The van der Waals surface area contributed by atoms with Gasteiger partial charge >= 0.3 is 0 Å². The van der Waals surface area contributed by atoms with Gasteiger partial charge < -0.3 is 9.84 Å². The topological polar surface area (TPSA) is 67.5 Å². The van der Waals surface area contributed by atoms with E-state index < -0.39 is 5.56 Å². The minimum atomic E-state index is -0.393. The van der Waals surface area contributed by atoms with Crippen molar-refractivity contribution < 1.29 is 9.32 Å². The highest BCUT2D eigenvalue weighted by Gasteiger charge is 2.22. The Balaban J connectivity index is 2.06. The van der Waals surface area contributed by atoms with Crippen LogP contribution in [0, 0.1) is 6.92 Å². The number of carbonyl (C=O) groups excluding carboxylic acids is 1. The maximum Gasteiger partial charge on any atom is 0.290 e. The molecular formula is C11H17N3O3. The van der Waals surface area contributed by atoms with Crippen LogP contribution < -0.4 is 10.9 Å². The summed E-state index contributed by atoms with van der Waals surface area (Å²) >= 11 is 0. The zero-order valence-corrected chi connectivity index (χ0v) is 10.1. The molecule has 1 aromatic heterocycles. The molecule has 17 heavy (non-hydrogen) atoms. The third-order valence-electron chi connectivity index (χ3n) is 2.97. The maximum absolute atomic E-state index is 11.9. The first-order valence-corrected chi connectivity index (χ1v) is 5.76. The highest BCUT2D eigenvalue weighted by Crippen LogP contribution is 2.03. The van der Waals surface area contributed by atoms with Gasteiger partial charge in [-0.05, 0) is 13.8 Å². The van der Waals surface area contributed by atoms with Crippen molar-refractivity contribution in [3.05, 3.63) is 22.2 Å². The monoisotopic (exact) mass is 239 g/mol. The highest BCUT2D eigenvalue weighted by molar-refractivity contribution is 5.79. The Morgan fingerprint density at radius 3 is 3.00 bits per heavy atom. The van der Waals surface area contributed by atoms with Gasteiger partial charge in [-0.1, -0.05) is 0 Å². The molecule has 0 radical (unpaired) electrons. The predicted molar refractivity (Wildman–Crippen MR) is 62.2 cm³/mol. The van der Waals surface area contributed by atoms with Crippen LogP contribution in [-0.2, 0) is 0 Å². The van der Waals surface area contributed by atoms with E-state index in [2.05, 4.69) is 12.2 Å². The summed E-state index contributed by atoms with van der Waals surface area (Å²) in [4.78, 5) is 25.4. The minimum absolute atomic E-state index is 0.218. The van der Waals surface area contributed by atoms with Gasteiger partial charge in [-0.25, -0.2) is 0 Å². The van der Waals surface area contributed by atoms with Crippen molar-refractivity contribution in [3.63, 3.8) is 0 Å². The van der Waals surface area contributed by atoms with Gasteiger partial charge in [0.25, 0.3) is 11.5 Å². The second-order valence-corrected chi connectivity index (χ2v) is 4.40. The van der Waals surface area contributed by atoms with Crippen molar-refractivity contribution in [1.82, 2.24) is 15.0 Å². The number of rotatable bonds is 2. The molecule has 1 atom stereocenters. The molecule has 6 heteroatoms. The smallest absolute Gasteiger partial charge is 0.290 e. The largest absolute Gasteiger partial charge is 0.373 e. The number of aromatic nitrogens is 1. The molecule has 1 aliphatic rings. The molecule has 1 fully saturated rings. The second kappa shape index (κ2) is 4.85. The molecule has 6 nitrogen and oxygen atoms in total. The van der Waals surface area contributed by atoms with Crippen LogP contribution in [0.5, 0.6) is 0 Å². The van der Waals surface area contributed by atoms with Gasteiger partial charge in [0, 0.05) is 31.7 Å². The molecule has 1 N–H and O–H groups in total.